The van der Waals surface area contributed by atoms with Gasteiger partial charge in [-0.05, 0) is 32.4 Å². The number of halogens is 2. The Morgan fingerprint density at radius 2 is 2.00 bits per heavy atom. The van der Waals surface area contributed by atoms with E-state index in [0.717, 1.165) is 31.7 Å². The Labute approximate surface area is 124 Å². The molecule has 1 aromatic carbocycles. The van der Waals surface area contributed by atoms with E-state index in [9.17, 15) is 19.0 Å². The highest BCUT2D eigenvalue weighted by Crippen LogP contribution is 2.25. The maximum atomic E-state index is 13.6. The van der Waals surface area contributed by atoms with Gasteiger partial charge in [-0.25, -0.2) is 8.78 Å². The second-order valence-electron chi connectivity index (χ2n) is 5.85. The molecule has 0 radical (unpaired) electrons. The number of hydrogen-bond donors (Lipinski definition) is 2. The fraction of sp³-hybridized carbons (Fsp3) is 0.625. The maximum Gasteiger partial charge on any atom is 0.164 e. The van der Waals surface area contributed by atoms with E-state index in [1.54, 1.807) is 0 Å². The smallest absolute Gasteiger partial charge is 0.164 e. The van der Waals surface area contributed by atoms with E-state index < -0.39 is 17.7 Å². The second kappa shape index (κ2) is 7.29. The lowest BCUT2D eigenvalue weighted by atomic mass is 9.91. The highest BCUT2D eigenvalue weighted by atomic mass is 19.2. The van der Waals surface area contributed by atoms with Gasteiger partial charge in [0.2, 0.25) is 0 Å². The summed E-state index contributed by atoms with van der Waals surface area (Å²) >= 11 is 0. The molecule has 1 aromatic rings. The summed E-state index contributed by atoms with van der Waals surface area (Å²) in [5, 5.41) is 20.0. The van der Waals surface area contributed by atoms with Gasteiger partial charge in [-0.15, -0.1) is 0 Å². The summed E-state index contributed by atoms with van der Waals surface area (Å²) in [7, 11) is 1.90. The number of benzene rings is 1. The number of likely N-dealkylation sites (N-methyl/N-ethyl adjacent to an activating group) is 1. The van der Waals surface area contributed by atoms with Gasteiger partial charge in [0.25, 0.3) is 0 Å². The van der Waals surface area contributed by atoms with Gasteiger partial charge in [0.05, 0.1) is 12.2 Å². The minimum Gasteiger partial charge on any atom is -0.391 e. The summed E-state index contributed by atoms with van der Waals surface area (Å²) < 4.78 is 26.8. The van der Waals surface area contributed by atoms with Gasteiger partial charge in [0.1, 0.15) is 0 Å². The molecule has 0 bridgehead atoms. The summed E-state index contributed by atoms with van der Waals surface area (Å²) in [4.78, 5) is 2.00. The van der Waals surface area contributed by atoms with Crippen molar-refractivity contribution in [1.29, 1.82) is 0 Å². The molecule has 2 rings (SSSR count). The minimum absolute atomic E-state index is 0.00686. The molecule has 5 heteroatoms. The zero-order valence-corrected chi connectivity index (χ0v) is 12.3. The van der Waals surface area contributed by atoms with Gasteiger partial charge in [-0.3, -0.25) is 0 Å². The third kappa shape index (κ3) is 3.99. The van der Waals surface area contributed by atoms with Crippen molar-refractivity contribution >= 4 is 0 Å². The molecule has 3 nitrogen and oxygen atoms in total. The van der Waals surface area contributed by atoms with E-state index in [2.05, 4.69) is 0 Å². The molecule has 2 N–H and O–H groups in total. The third-order valence-corrected chi connectivity index (χ3v) is 4.36. The predicted molar refractivity (Wildman–Crippen MR) is 76.8 cm³/mol. The van der Waals surface area contributed by atoms with Gasteiger partial charge in [0, 0.05) is 18.2 Å². The second-order valence-corrected chi connectivity index (χ2v) is 5.85. The quantitative estimate of drug-likeness (QED) is 0.878. The Morgan fingerprint density at radius 1 is 1.29 bits per heavy atom. The Balaban J connectivity index is 1.91. The Morgan fingerprint density at radius 3 is 2.71 bits per heavy atom. The first kappa shape index (κ1) is 16.3. The van der Waals surface area contributed by atoms with Crippen molar-refractivity contribution in [3.63, 3.8) is 0 Å². The molecule has 3 unspecified atom stereocenters. The van der Waals surface area contributed by atoms with Gasteiger partial charge >= 0.3 is 0 Å². The molecule has 1 aliphatic rings. The molecule has 0 aromatic heterocycles. The van der Waals surface area contributed by atoms with Crippen LogP contribution in [0, 0.1) is 11.6 Å². The van der Waals surface area contributed by atoms with E-state index in [4.69, 9.17) is 0 Å². The topological polar surface area (TPSA) is 43.7 Å². The summed E-state index contributed by atoms with van der Waals surface area (Å²) in [6.45, 7) is 0.527. The lowest BCUT2D eigenvalue weighted by Gasteiger charge is -2.35. The van der Waals surface area contributed by atoms with Crippen LogP contribution in [0.3, 0.4) is 0 Å². The molecular formula is C16H23F2NO2. The standard InChI is InChI=1S/C16H23F2NO2/c1-19(13-7-2-3-8-15(13)21)10-9-14(20)11-5-4-6-12(17)16(11)18/h4-6,13-15,20-21H,2-3,7-10H2,1H3. The first-order chi connectivity index (χ1) is 10.0. The fourth-order valence-electron chi connectivity index (χ4n) is 3.03. The highest BCUT2D eigenvalue weighted by molar-refractivity contribution is 5.21. The van der Waals surface area contributed by atoms with Crippen molar-refractivity contribution in [2.24, 2.45) is 0 Å². The molecule has 0 spiro atoms. The summed E-state index contributed by atoms with van der Waals surface area (Å²) in [6.07, 6.45) is 2.80. The molecule has 0 amide bonds. The molecule has 0 heterocycles. The average molecular weight is 299 g/mol. The van der Waals surface area contributed by atoms with Gasteiger partial charge in [0.15, 0.2) is 11.6 Å². The van der Waals surface area contributed by atoms with E-state index in [1.165, 1.54) is 12.1 Å². The molecule has 21 heavy (non-hydrogen) atoms. The molecule has 1 fully saturated rings. The molecule has 3 atom stereocenters. The molecule has 1 aliphatic carbocycles. The van der Waals surface area contributed by atoms with Crippen molar-refractivity contribution in [2.45, 2.75) is 50.4 Å². The van der Waals surface area contributed by atoms with Crippen LogP contribution >= 0.6 is 0 Å². The number of nitrogens with zero attached hydrogens (tertiary/aromatic N) is 1. The van der Waals surface area contributed by atoms with Gasteiger partial charge < -0.3 is 15.1 Å². The van der Waals surface area contributed by atoms with Crippen molar-refractivity contribution < 1.29 is 19.0 Å². The Kier molecular flexibility index (Phi) is 5.67. The van der Waals surface area contributed by atoms with Crippen molar-refractivity contribution in [2.75, 3.05) is 13.6 Å². The number of aliphatic hydroxyl groups excluding tert-OH is 2. The first-order valence-corrected chi connectivity index (χ1v) is 7.51. The molecule has 0 saturated heterocycles. The fourth-order valence-corrected chi connectivity index (χ4v) is 3.03. The number of aliphatic hydroxyl groups is 2. The van der Waals surface area contributed by atoms with E-state index in [-0.39, 0.29) is 17.7 Å². The van der Waals surface area contributed by atoms with E-state index in [0.29, 0.717) is 13.0 Å². The molecular weight excluding hydrogens is 276 g/mol. The summed E-state index contributed by atoms with van der Waals surface area (Å²) in [5.41, 5.74) is -0.00686. The van der Waals surface area contributed by atoms with Crippen LogP contribution in [0.4, 0.5) is 8.78 Å². The van der Waals surface area contributed by atoms with Crippen molar-refractivity contribution in [1.82, 2.24) is 4.90 Å². The highest BCUT2D eigenvalue weighted by Gasteiger charge is 2.27. The lowest BCUT2D eigenvalue weighted by molar-refractivity contribution is 0.0250. The van der Waals surface area contributed by atoms with Crippen molar-refractivity contribution in [3.8, 4) is 0 Å². The molecule has 118 valence electrons. The van der Waals surface area contributed by atoms with Crippen LogP contribution in [0.25, 0.3) is 0 Å². The zero-order chi connectivity index (χ0) is 15.4. The van der Waals surface area contributed by atoms with Crippen LogP contribution in [0.5, 0.6) is 0 Å². The third-order valence-electron chi connectivity index (χ3n) is 4.36. The van der Waals surface area contributed by atoms with Crippen LogP contribution in [-0.2, 0) is 0 Å². The Hall–Kier alpha value is -1.04. The van der Waals surface area contributed by atoms with Gasteiger partial charge in [-0.2, -0.15) is 0 Å². The van der Waals surface area contributed by atoms with Crippen molar-refractivity contribution in [3.05, 3.63) is 35.4 Å². The summed E-state index contributed by atoms with van der Waals surface area (Å²) in [5.74, 6) is -1.92. The number of rotatable bonds is 5. The molecule has 0 aliphatic heterocycles. The SMILES string of the molecule is CN(CCC(O)c1cccc(F)c1F)C1CCCCC1O. The minimum atomic E-state index is -1.04. The van der Waals surface area contributed by atoms with E-state index >= 15 is 0 Å². The van der Waals surface area contributed by atoms with Crippen LogP contribution in [0.2, 0.25) is 0 Å². The van der Waals surface area contributed by atoms with Crippen LogP contribution in [0.1, 0.15) is 43.8 Å². The van der Waals surface area contributed by atoms with E-state index in [1.807, 2.05) is 11.9 Å². The normalized spacial score (nSPS) is 24.3. The molecule has 1 saturated carbocycles. The lowest BCUT2D eigenvalue weighted by Crippen LogP contribution is -2.43. The number of hydrogen-bond acceptors (Lipinski definition) is 3. The summed E-state index contributed by atoms with van der Waals surface area (Å²) in [6, 6.07) is 3.92. The van der Waals surface area contributed by atoms with Crippen LogP contribution in [-0.4, -0.2) is 40.9 Å². The monoisotopic (exact) mass is 299 g/mol. The maximum absolute atomic E-state index is 13.6. The van der Waals surface area contributed by atoms with Crippen LogP contribution < -0.4 is 0 Å². The predicted octanol–water partition coefficient (Wildman–Crippen LogP) is 2.62. The van der Waals surface area contributed by atoms with Gasteiger partial charge in [-0.1, -0.05) is 25.0 Å². The van der Waals surface area contributed by atoms with Crippen LogP contribution in [0.15, 0.2) is 18.2 Å². The largest absolute Gasteiger partial charge is 0.391 e. The Bertz CT molecular complexity index is 470. The first-order valence-electron chi connectivity index (χ1n) is 7.51. The average Bonchev–Trinajstić information content (AvgIpc) is 2.47. The zero-order valence-electron chi connectivity index (χ0n) is 12.3.